The van der Waals surface area contributed by atoms with Gasteiger partial charge in [0.2, 0.25) is 23.6 Å². The number of rotatable bonds is 19. The second-order valence-electron chi connectivity index (χ2n) is 12.7. The van der Waals surface area contributed by atoms with E-state index in [1.165, 1.54) is 24.5 Å². The number of carbonyl (C=O) groups is 5. The summed E-state index contributed by atoms with van der Waals surface area (Å²) in [6.07, 6.45) is 3.95. The fourth-order valence-corrected chi connectivity index (χ4v) is 5.11. The predicted octanol–water partition coefficient (Wildman–Crippen LogP) is 1.86. The van der Waals surface area contributed by atoms with Gasteiger partial charge in [0.25, 0.3) is 5.91 Å². The van der Waals surface area contributed by atoms with E-state index in [1.807, 2.05) is 41.5 Å². The number of likely N-dealkylation sites (N-methyl/N-ethyl adjacent to an activating group) is 1. The molecule has 2 rings (SSSR count). The van der Waals surface area contributed by atoms with E-state index in [-0.39, 0.29) is 47.7 Å². The molecule has 0 radical (unpaired) electrons. The molecule has 1 aromatic heterocycles. The summed E-state index contributed by atoms with van der Waals surface area (Å²) in [5, 5.41) is 28.8. The number of hydrogen-bond acceptors (Lipinski definition) is 7. The van der Waals surface area contributed by atoms with Crippen LogP contribution in [-0.4, -0.2) is 66.8 Å². The van der Waals surface area contributed by atoms with Crippen molar-refractivity contribution >= 4 is 29.5 Å². The summed E-state index contributed by atoms with van der Waals surface area (Å²) in [6.45, 7) is 13.9. The summed E-state index contributed by atoms with van der Waals surface area (Å²) in [5.41, 5.74) is 0.726. The summed E-state index contributed by atoms with van der Waals surface area (Å²) in [6, 6.07) is 7.73. The lowest BCUT2D eigenvalue weighted by Gasteiger charge is -2.28. The van der Waals surface area contributed by atoms with Crippen LogP contribution in [0.4, 0.5) is 0 Å². The largest absolute Gasteiger partial charge is 0.619 e. The third-order valence-corrected chi connectivity index (χ3v) is 7.71. The molecule has 48 heavy (non-hydrogen) atoms. The third kappa shape index (κ3) is 12.9. The lowest BCUT2D eigenvalue weighted by molar-refractivity contribution is -0.605. The van der Waals surface area contributed by atoms with Crippen LogP contribution in [0.15, 0.2) is 54.9 Å². The summed E-state index contributed by atoms with van der Waals surface area (Å²) < 4.78 is 0.556. The van der Waals surface area contributed by atoms with Crippen molar-refractivity contribution in [1.82, 2.24) is 31.9 Å². The molecule has 2 aromatic rings. The Bertz CT molecular complexity index is 1340. The van der Waals surface area contributed by atoms with Crippen LogP contribution in [0.5, 0.6) is 0 Å². The highest BCUT2D eigenvalue weighted by Crippen LogP contribution is 2.15. The Morgan fingerprint density at radius 3 is 1.98 bits per heavy atom. The van der Waals surface area contributed by atoms with Crippen LogP contribution >= 0.6 is 0 Å². The minimum Gasteiger partial charge on any atom is -0.619 e. The number of carbonyl (C=O) groups excluding carboxylic acids is 5. The average Bonchev–Trinajstić information content (AvgIpc) is 3.04. The highest BCUT2D eigenvalue weighted by atomic mass is 16.5. The lowest BCUT2D eigenvalue weighted by atomic mass is 10.0. The summed E-state index contributed by atoms with van der Waals surface area (Å²) in [5.74, 6) is -1.96. The molecule has 13 heteroatoms. The van der Waals surface area contributed by atoms with Gasteiger partial charge in [0.05, 0.1) is 11.6 Å². The highest BCUT2D eigenvalue weighted by Gasteiger charge is 2.30. The van der Waals surface area contributed by atoms with Crippen LogP contribution in [-0.2, 0) is 19.2 Å². The average molecular weight is 668 g/mol. The molecule has 6 N–H and O–H groups in total. The molecule has 264 valence electrons. The molecular formula is C35H53N7O6. The molecule has 0 fully saturated rings. The van der Waals surface area contributed by atoms with Gasteiger partial charge in [0, 0.05) is 31.3 Å². The molecule has 13 nitrogen and oxygen atoms in total. The molecule has 0 saturated carbocycles. The second kappa shape index (κ2) is 20.0. The van der Waals surface area contributed by atoms with E-state index in [0.29, 0.717) is 36.1 Å². The molecule has 5 amide bonds. The Morgan fingerprint density at radius 1 is 0.771 bits per heavy atom. The Morgan fingerprint density at radius 2 is 1.42 bits per heavy atom. The maximum atomic E-state index is 13.7. The minimum absolute atomic E-state index is 0.106. The molecule has 0 spiro atoms. The van der Waals surface area contributed by atoms with E-state index in [4.69, 9.17) is 0 Å². The summed E-state index contributed by atoms with van der Waals surface area (Å²) >= 11 is 0. The fraction of sp³-hybridized carbons (Fsp3) is 0.543. The van der Waals surface area contributed by atoms with E-state index in [1.54, 1.807) is 37.3 Å². The van der Waals surface area contributed by atoms with Gasteiger partial charge in [0.1, 0.15) is 18.1 Å². The van der Waals surface area contributed by atoms with E-state index >= 15 is 0 Å². The Hall–Kier alpha value is -4.52. The van der Waals surface area contributed by atoms with Crippen molar-refractivity contribution in [1.29, 1.82) is 0 Å². The van der Waals surface area contributed by atoms with Gasteiger partial charge in [-0.2, -0.15) is 4.73 Å². The first kappa shape index (κ1) is 39.7. The zero-order valence-electron chi connectivity index (χ0n) is 29.2. The van der Waals surface area contributed by atoms with E-state index in [9.17, 15) is 29.2 Å². The standard InChI is InChI=1S/C35H53N7O6/c1-8-13-28(39-35(47)30(25-14-11-10-12-15-25)41-32(44)26-16-18-42(48)19-17-26)33(45)38-27(20-22(3)4)21-37-24(7)31(43)40-29(23(5)6)34(46)36-9-2/h10-12,14-19,22-24,27-30,37H,8-9,13,20-21H2,1-7H3,(H,36,46)(H,38,45)(H,39,47)(H,40,43)(H,41,44)/t24-,27-,28-,29-,30-/m0/s1. The minimum atomic E-state index is -1.10. The van der Waals surface area contributed by atoms with Gasteiger partial charge < -0.3 is 37.1 Å². The van der Waals surface area contributed by atoms with Gasteiger partial charge in [-0.15, -0.1) is 0 Å². The van der Waals surface area contributed by atoms with Crippen LogP contribution in [0.1, 0.15) is 89.7 Å². The molecular weight excluding hydrogens is 614 g/mol. The molecule has 5 atom stereocenters. The summed E-state index contributed by atoms with van der Waals surface area (Å²) in [7, 11) is 0. The van der Waals surface area contributed by atoms with Crippen molar-refractivity contribution < 1.29 is 28.7 Å². The highest BCUT2D eigenvalue weighted by molar-refractivity contribution is 5.98. The SMILES string of the molecule is CCC[C@H](NC(=O)[C@@H](NC(=O)c1cc[n+]([O-])cc1)c1ccccc1)C(=O)N[C@H](CN[C@@H](C)C(=O)N[C@H](C(=O)NCC)C(C)C)CC(C)C. The Labute approximate surface area is 284 Å². The van der Waals surface area contributed by atoms with Crippen molar-refractivity contribution in [2.75, 3.05) is 13.1 Å². The van der Waals surface area contributed by atoms with Crippen LogP contribution in [0.2, 0.25) is 0 Å². The molecule has 0 aliphatic carbocycles. The Kier molecular flexibility index (Phi) is 16.5. The number of nitrogens with one attached hydrogen (secondary N) is 6. The zero-order chi connectivity index (χ0) is 35.8. The lowest BCUT2D eigenvalue weighted by Crippen LogP contribution is -2.56. The van der Waals surface area contributed by atoms with Gasteiger partial charge in [-0.05, 0) is 44.1 Å². The quantitative estimate of drug-likeness (QED) is 0.0976. The second-order valence-corrected chi connectivity index (χ2v) is 12.7. The van der Waals surface area contributed by atoms with Gasteiger partial charge in [0.15, 0.2) is 12.4 Å². The molecule has 0 bridgehead atoms. The van der Waals surface area contributed by atoms with Crippen LogP contribution < -0.4 is 36.6 Å². The van der Waals surface area contributed by atoms with Crippen molar-refractivity contribution in [2.24, 2.45) is 11.8 Å². The van der Waals surface area contributed by atoms with Crippen molar-refractivity contribution in [3.63, 3.8) is 0 Å². The van der Waals surface area contributed by atoms with Gasteiger partial charge in [-0.1, -0.05) is 71.4 Å². The topological polar surface area (TPSA) is 184 Å². The number of hydrogen-bond donors (Lipinski definition) is 6. The van der Waals surface area contributed by atoms with Gasteiger partial charge in [-0.3, -0.25) is 24.0 Å². The number of pyridine rings is 1. The number of amides is 5. The normalized spacial score (nSPS) is 14.3. The molecule has 0 unspecified atom stereocenters. The first-order valence-electron chi connectivity index (χ1n) is 16.7. The van der Waals surface area contributed by atoms with E-state index < -0.39 is 36.0 Å². The molecule has 0 saturated heterocycles. The van der Waals surface area contributed by atoms with Crippen molar-refractivity contribution in [2.45, 2.75) is 97.9 Å². The maximum Gasteiger partial charge on any atom is 0.252 e. The van der Waals surface area contributed by atoms with Gasteiger partial charge in [-0.25, -0.2) is 0 Å². The molecule has 0 aliphatic heterocycles. The number of nitrogens with zero attached hydrogens (tertiary/aromatic N) is 1. The molecule has 1 heterocycles. The predicted molar refractivity (Wildman–Crippen MR) is 183 cm³/mol. The fourth-order valence-electron chi connectivity index (χ4n) is 5.11. The van der Waals surface area contributed by atoms with Gasteiger partial charge >= 0.3 is 0 Å². The van der Waals surface area contributed by atoms with Crippen molar-refractivity contribution in [3.8, 4) is 0 Å². The van der Waals surface area contributed by atoms with Crippen molar-refractivity contribution in [3.05, 3.63) is 71.2 Å². The summed E-state index contributed by atoms with van der Waals surface area (Å²) in [4.78, 5) is 65.8. The third-order valence-electron chi connectivity index (χ3n) is 7.71. The molecule has 1 aromatic carbocycles. The first-order chi connectivity index (χ1) is 22.8. The number of benzene rings is 1. The monoisotopic (exact) mass is 667 g/mol. The number of aromatic nitrogens is 1. The van der Waals surface area contributed by atoms with E-state index in [2.05, 4.69) is 31.9 Å². The first-order valence-corrected chi connectivity index (χ1v) is 16.7. The van der Waals surface area contributed by atoms with Crippen LogP contribution in [0.3, 0.4) is 0 Å². The van der Waals surface area contributed by atoms with Crippen LogP contribution in [0, 0.1) is 17.0 Å². The Balaban J connectivity index is 2.15. The zero-order valence-corrected chi connectivity index (χ0v) is 29.2. The maximum absolute atomic E-state index is 13.7. The van der Waals surface area contributed by atoms with E-state index in [0.717, 1.165) is 0 Å². The molecule has 0 aliphatic rings. The smallest absolute Gasteiger partial charge is 0.252 e. The van der Waals surface area contributed by atoms with Crippen LogP contribution in [0.25, 0.3) is 0 Å².